The third-order valence-electron chi connectivity index (χ3n) is 1.45. The molecule has 0 aliphatic carbocycles. The first-order valence-corrected chi connectivity index (χ1v) is 4.92. The molecule has 0 aromatic carbocycles. The van der Waals surface area contributed by atoms with Gasteiger partial charge < -0.3 is 5.11 Å². The Morgan fingerprint density at radius 2 is 2.50 bits per heavy atom. The van der Waals surface area contributed by atoms with Crippen LogP contribution in [0.15, 0.2) is 23.4 Å². The highest BCUT2D eigenvalue weighted by molar-refractivity contribution is 7.99. The first-order chi connectivity index (χ1) is 6.74. The molecule has 1 rings (SSSR count). The van der Waals surface area contributed by atoms with E-state index in [2.05, 4.69) is 4.98 Å². The molecule has 1 N–H and O–H groups in total. The van der Waals surface area contributed by atoms with Crippen molar-refractivity contribution in [2.75, 3.05) is 5.75 Å². The molecule has 0 fully saturated rings. The van der Waals surface area contributed by atoms with E-state index in [1.807, 2.05) is 6.07 Å². The summed E-state index contributed by atoms with van der Waals surface area (Å²) in [5.41, 5.74) is 0.489. The zero-order valence-corrected chi connectivity index (χ0v) is 8.12. The van der Waals surface area contributed by atoms with Gasteiger partial charge in [-0.15, -0.1) is 11.8 Å². The van der Waals surface area contributed by atoms with Crippen molar-refractivity contribution in [1.29, 1.82) is 5.26 Å². The number of carboxylic acid groups (broad SMARTS) is 1. The molecular formula is C9H8N2O2S. The number of rotatable bonds is 4. The van der Waals surface area contributed by atoms with E-state index in [4.69, 9.17) is 10.4 Å². The second-order valence-corrected chi connectivity index (χ2v) is 3.54. The van der Waals surface area contributed by atoms with Gasteiger partial charge in [-0.25, -0.2) is 4.98 Å². The van der Waals surface area contributed by atoms with Crippen LogP contribution >= 0.6 is 11.8 Å². The molecule has 5 heteroatoms. The predicted molar refractivity (Wildman–Crippen MR) is 51.9 cm³/mol. The van der Waals surface area contributed by atoms with Gasteiger partial charge in [0, 0.05) is 11.9 Å². The predicted octanol–water partition coefficient (Wildman–Crippen LogP) is 1.52. The van der Waals surface area contributed by atoms with Crippen LogP contribution < -0.4 is 0 Å². The Morgan fingerprint density at radius 3 is 3.14 bits per heavy atom. The molecule has 14 heavy (non-hydrogen) atoms. The molecule has 0 aliphatic rings. The standard InChI is InChI=1S/C9H8N2O2S/c10-6-7-2-1-4-11-9(7)14-5-3-8(12)13/h1-2,4H,3,5H2,(H,12,13). The molecule has 1 heterocycles. The molecule has 0 radical (unpaired) electrons. The molecule has 0 amide bonds. The van der Waals surface area contributed by atoms with Gasteiger partial charge in [0.1, 0.15) is 11.1 Å². The molecule has 0 bridgehead atoms. The number of aliphatic carboxylic acids is 1. The average Bonchev–Trinajstić information content (AvgIpc) is 2.18. The Hall–Kier alpha value is -1.54. The minimum atomic E-state index is -0.841. The lowest BCUT2D eigenvalue weighted by Crippen LogP contribution is -1.96. The molecule has 0 aliphatic heterocycles. The number of carboxylic acids is 1. The van der Waals surface area contributed by atoms with Crippen molar-refractivity contribution in [2.45, 2.75) is 11.4 Å². The average molecular weight is 208 g/mol. The van der Waals surface area contributed by atoms with Crippen LogP contribution in [0.25, 0.3) is 0 Å². The maximum absolute atomic E-state index is 10.2. The number of hydrogen-bond acceptors (Lipinski definition) is 4. The van der Waals surface area contributed by atoms with E-state index in [1.165, 1.54) is 11.8 Å². The van der Waals surface area contributed by atoms with E-state index >= 15 is 0 Å². The molecule has 0 unspecified atom stereocenters. The fourth-order valence-corrected chi connectivity index (χ4v) is 1.70. The summed E-state index contributed by atoms with van der Waals surface area (Å²) in [6.07, 6.45) is 1.66. The van der Waals surface area contributed by atoms with Crippen LogP contribution in [-0.2, 0) is 4.79 Å². The number of aromatic nitrogens is 1. The second-order valence-electron chi connectivity index (χ2n) is 2.46. The summed E-state index contributed by atoms with van der Waals surface area (Å²) >= 11 is 1.29. The normalized spacial score (nSPS) is 9.36. The van der Waals surface area contributed by atoms with E-state index in [9.17, 15) is 4.79 Å². The van der Waals surface area contributed by atoms with Gasteiger partial charge in [0.05, 0.1) is 12.0 Å². The van der Waals surface area contributed by atoms with Crippen molar-refractivity contribution in [3.63, 3.8) is 0 Å². The summed E-state index contributed by atoms with van der Waals surface area (Å²) in [5, 5.41) is 17.7. The molecule has 0 spiro atoms. The number of nitriles is 1. The largest absolute Gasteiger partial charge is 0.481 e. The highest BCUT2D eigenvalue weighted by Gasteiger charge is 2.04. The van der Waals surface area contributed by atoms with Crippen LogP contribution in [0, 0.1) is 11.3 Å². The summed E-state index contributed by atoms with van der Waals surface area (Å²) in [6, 6.07) is 5.35. The van der Waals surface area contributed by atoms with Crippen molar-refractivity contribution in [2.24, 2.45) is 0 Å². The van der Waals surface area contributed by atoms with E-state index in [1.54, 1.807) is 18.3 Å². The van der Waals surface area contributed by atoms with Crippen LogP contribution in [0.4, 0.5) is 0 Å². The monoisotopic (exact) mass is 208 g/mol. The van der Waals surface area contributed by atoms with Crippen molar-refractivity contribution >= 4 is 17.7 Å². The Kier molecular flexibility index (Phi) is 3.95. The van der Waals surface area contributed by atoms with Crippen LogP contribution in [0.2, 0.25) is 0 Å². The number of carbonyl (C=O) groups is 1. The third-order valence-corrected chi connectivity index (χ3v) is 2.45. The Balaban J connectivity index is 2.59. The molecule has 1 aromatic rings. The third kappa shape index (κ3) is 3.07. The van der Waals surface area contributed by atoms with E-state index in [0.717, 1.165) is 0 Å². The summed E-state index contributed by atoms with van der Waals surface area (Å²) in [6.45, 7) is 0. The van der Waals surface area contributed by atoms with Crippen LogP contribution in [0.5, 0.6) is 0 Å². The van der Waals surface area contributed by atoms with Crippen molar-refractivity contribution in [3.05, 3.63) is 23.9 Å². The molecular weight excluding hydrogens is 200 g/mol. The number of pyridine rings is 1. The van der Waals surface area contributed by atoms with E-state index in [-0.39, 0.29) is 6.42 Å². The van der Waals surface area contributed by atoms with Crippen LogP contribution in [0.3, 0.4) is 0 Å². The minimum absolute atomic E-state index is 0.0755. The Morgan fingerprint density at radius 1 is 1.71 bits per heavy atom. The van der Waals surface area contributed by atoms with Crippen molar-refractivity contribution in [3.8, 4) is 6.07 Å². The van der Waals surface area contributed by atoms with Gasteiger partial charge in [-0.1, -0.05) is 0 Å². The topological polar surface area (TPSA) is 74.0 Å². The smallest absolute Gasteiger partial charge is 0.304 e. The Bertz CT molecular complexity index is 373. The SMILES string of the molecule is N#Cc1cccnc1SCCC(=O)O. The van der Waals surface area contributed by atoms with Crippen molar-refractivity contribution in [1.82, 2.24) is 4.98 Å². The molecule has 1 aromatic heterocycles. The van der Waals surface area contributed by atoms with E-state index < -0.39 is 5.97 Å². The van der Waals surface area contributed by atoms with Gasteiger partial charge in [-0.3, -0.25) is 4.79 Å². The molecule has 72 valence electrons. The zero-order chi connectivity index (χ0) is 10.4. The van der Waals surface area contributed by atoms with Crippen LogP contribution in [-0.4, -0.2) is 21.8 Å². The first-order valence-electron chi connectivity index (χ1n) is 3.93. The molecule has 0 saturated carbocycles. The quantitative estimate of drug-likeness (QED) is 0.759. The van der Waals surface area contributed by atoms with Gasteiger partial charge in [-0.05, 0) is 12.1 Å². The maximum atomic E-state index is 10.2. The van der Waals surface area contributed by atoms with Gasteiger partial charge in [0.2, 0.25) is 0 Å². The lowest BCUT2D eigenvalue weighted by atomic mass is 10.3. The summed E-state index contributed by atoms with van der Waals surface area (Å²) in [5.74, 6) is -0.409. The van der Waals surface area contributed by atoms with Gasteiger partial charge in [0.25, 0.3) is 0 Å². The summed E-state index contributed by atoms with van der Waals surface area (Å²) in [7, 11) is 0. The highest BCUT2D eigenvalue weighted by atomic mass is 32.2. The number of thioether (sulfide) groups is 1. The van der Waals surface area contributed by atoms with Crippen molar-refractivity contribution < 1.29 is 9.90 Å². The maximum Gasteiger partial charge on any atom is 0.304 e. The van der Waals surface area contributed by atoms with E-state index in [0.29, 0.717) is 16.3 Å². The fraction of sp³-hybridized carbons (Fsp3) is 0.222. The van der Waals surface area contributed by atoms with Gasteiger partial charge >= 0.3 is 5.97 Å². The molecule has 0 atom stereocenters. The summed E-state index contributed by atoms with van der Waals surface area (Å²) in [4.78, 5) is 14.2. The fourth-order valence-electron chi connectivity index (χ4n) is 0.826. The lowest BCUT2D eigenvalue weighted by molar-refractivity contribution is -0.136. The molecule has 4 nitrogen and oxygen atoms in total. The highest BCUT2D eigenvalue weighted by Crippen LogP contribution is 2.19. The summed E-state index contributed by atoms with van der Waals surface area (Å²) < 4.78 is 0. The zero-order valence-electron chi connectivity index (χ0n) is 7.30. The van der Waals surface area contributed by atoms with Gasteiger partial charge in [0.15, 0.2) is 0 Å². The van der Waals surface area contributed by atoms with Crippen LogP contribution in [0.1, 0.15) is 12.0 Å². The number of hydrogen-bond donors (Lipinski definition) is 1. The first kappa shape index (κ1) is 10.5. The lowest BCUT2D eigenvalue weighted by Gasteiger charge is -1.99. The second kappa shape index (κ2) is 5.25. The number of nitrogens with zero attached hydrogens (tertiary/aromatic N) is 2. The van der Waals surface area contributed by atoms with Gasteiger partial charge in [-0.2, -0.15) is 5.26 Å². The molecule has 0 saturated heterocycles. The minimum Gasteiger partial charge on any atom is -0.481 e. The Labute approximate surface area is 85.6 Å².